The summed E-state index contributed by atoms with van der Waals surface area (Å²) in [7, 11) is 1.55. The highest BCUT2D eigenvalue weighted by atomic mass is 79.9. The summed E-state index contributed by atoms with van der Waals surface area (Å²) in [5, 5.41) is 0.866. The number of ketones is 1. The van der Waals surface area contributed by atoms with Crippen molar-refractivity contribution < 1.29 is 9.53 Å². The molecule has 0 atom stereocenters. The Morgan fingerprint density at radius 1 is 1.57 bits per heavy atom. The summed E-state index contributed by atoms with van der Waals surface area (Å²) in [6, 6.07) is 5.41. The third kappa shape index (κ3) is 2.72. The fourth-order valence-corrected chi connectivity index (χ4v) is 1.58. The van der Waals surface area contributed by atoms with E-state index in [1.54, 1.807) is 13.2 Å². The summed E-state index contributed by atoms with van der Waals surface area (Å²) in [6.07, 6.45) is 0.335. The van der Waals surface area contributed by atoms with E-state index in [-0.39, 0.29) is 5.78 Å². The molecule has 0 aliphatic carbocycles. The van der Waals surface area contributed by atoms with Crippen LogP contribution in [0, 0.1) is 0 Å². The first kappa shape index (κ1) is 11.5. The summed E-state index contributed by atoms with van der Waals surface area (Å²) in [5.74, 6) is 0.701. The predicted octanol–water partition coefficient (Wildman–Crippen LogP) is 2.86. The molecule has 14 heavy (non-hydrogen) atoms. The van der Waals surface area contributed by atoms with Gasteiger partial charge in [-0.2, -0.15) is 0 Å². The normalized spacial score (nSPS) is 9.93. The van der Waals surface area contributed by atoms with Crippen LogP contribution in [0.4, 0.5) is 0 Å². The molecule has 0 saturated carbocycles. The molecular weight excluding hydrogens is 267 g/mol. The molecule has 0 spiro atoms. The lowest BCUT2D eigenvalue weighted by Gasteiger charge is -2.06. The second kappa shape index (κ2) is 5.37. The Morgan fingerprint density at radius 2 is 2.29 bits per heavy atom. The van der Waals surface area contributed by atoms with Gasteiger partial charge >= 0.3 is 0 Å². The minimum absolute atomic E-state index is 0.0974. The van der Waals surface area contributed by atoms with Crippen LogP contribution in [0.3, 0.4) is 0 Å². The Kier molecular flexibility index (Phi) is 4.42. The molecule has 0 aromatic heterocycles. The van der Waals surface area contributed by atoms with Gasteiger partial charge in [0.25, 0.3) is 0 Å². The van der Waals surface area contributed by atoms with Crippen LogP contribution < -0.4 is 4.74 Å². The number of ether oxygens (including phenoxy) is 1. The summed E-state index contributed by atoms with van der Waals surface area (Å²) in [4.78, 5) is 11.2. The van der Waals surface area contributed by atoms with Gasteiger partial charge in [0.15, 0.2) is 0 Å². The highest BCUT2D eigenvalue weighted by Crippen LogP contribution is 2.28. The molecule has 0 fully saturated rings. The summed E-state index contributed by atoms with van der Waals surface area (Å²) < 4.78 is 5.05. The summed E-state index contributed by atoms with van der Waals surface area (Å²) >= 11 is 9.13. The Labute approximate surface area is 96.3 Å². The van der Waals surface area contributed by atoms with Crippen LogP contribution in [0.15, 0.2) is 18.2 Å². The molecule has 1 aromatic rings. The SMILES string of the molecule is COc1cccc(CC(=O)CBr)c1Cl. The maximum Gasteiger partial charge on any atom is 0.147 e. The number of rotatable bonds is 4. The molecule has 0 bridgehead atoms. The smallest absolute Gasteiger partial charge is 0.147 e. The zero-order valence-electron chi connectivity index (χ0n) is 7.72. The van der Waals surface area contributed by atoms with Crippen LogP contribution in [0.5, 0.6) is 5.75 Å². The van der Waals surface area contributed by atoms with Gasteiger partial charge in [-0.3, -0.25) is 4.79 Å². The lowest BCUT2D eigenvalue weighted by Crippen LogP contribution is -2.04. The van der Waals surface area contributed by atoms with Crippen molar-refractivity contribution in [2.45, 2.75) is 6.42 Å². The number of hydrogen-bond donors (Lipinski definition) is 0. The molecule has 0 amide bonds. The highest BCUT2D eigenvalue weighted by molar-refractivity contribution is 9.09. The van der Waals surface area contributed by atoms with E-state index in [1.165, 1.54) is 0 Å². The van der Waals surface area contributed by atoms with E-state index in [0.29, 0.717) is 22.5 Å². The average molecular weight is 278 g/mol. The van der Waals surface area contributed by atoms with Gasteiger partial charge in [-0.1, -0.05) is 39.7 Å². The van der Waals surface area contributed by atoms with E-state index in [2.05, 4.69) is 15.9 Å². The molecule has 0 aliphatic heterocycles. The number of methoxy groups -OCH3 is 1. The van der Waals surface area contributed by atoms with Gasteiger partial charge < -0.3 is 4.74 Å². The topological polar surface area (TPSA) is 26.3 Å². The third-order valence-electron chi connectivity index (χ3n) is 1.80. The number of hydrogen-bond acceptors (Lipinski definition) is 2. The largest absolute Gasteiger partial charge is 0.495 e. The number of benzene rings is 1. The number of carbonyl (C=O) groups is 1. The van der Waals surface area contributed by atoms with Gasteiger partial charge in [0.2, 0.25) is 0 Å². The van der Waals surface area contributed by atoms with Gasteiger partial charge in [-0.15, -0.1) is 0 Å². The first-order chi connectivity index (χ1) is 6.69. The van der Waals surface area contributed by atoms with Gasteiger partial charge in [0.1, 0.15) is 11.5 Å². The van der Waals surface area contributed by atoms with Crippen LogP contribution in [0.25, 0.3) is 0 Å². The molecule has 0 aliphatic rings. The molecule has 0 N–H and O–H groups in total. The molecule has 76 valence electrons. The van der Waals surface area contributed by atoms with E-state index < -0.39 is 0 Å². The van der Waals surface area contributed by atoms with E-state index in [4.69, 9.17) is 16.3 Å². The van der Waals surface area contributed by atoms with E-state index in [1.807, 2.05) is 12.1 Å². The standard InChI is InChI=1S/C10H10BrClO2/c1-14-9-4-2-3-7(10(9)12)5-8(13)6-11/h2-4H,5-6H2,1H3. The van der Waals surface area contributed by atoms with Crippen LogP contribution >= 0.6 is 27.5 Å². The van der Waals surface area contributed by atoms with Crippen molar-refractivity contribution in [3.05, 3.63) is 28.8 Å². The second-order valence-electron chi connectivity index (χ2n) is 2.78. The molecule has 4 heteroatoms. The van der Waals surface area contributed by atoms with Crippen molar-refractivity contribution in [3.8, 4) is 5.75 Å². The lowest BCUT2D eigenvalue weighted by molar-refractivity contribution is -0.115. The number of alkyl halides is 1. The van der Waals surface area contributed by atoms with Crippen LogP contribution in [0.1, 0.15) is 5.56 Å². The third-order valence-corrected chi connectivity index (χ3v) is 2.85. The van der Waals surface area contributed by atoms with Gasteiger partial charge in [0.05, 0.1) is 17.5 Å². The van der Waals surface area contributed by atoms with Gasteiger partial charge in [-0.25, -0.2) is 0 Å². The minimum Gasteiger partial charge on any atom is -0.495 e. The Morgan fingerprint density at radius 3 is 2.86 bits per heavy atom. The molecule has 1 aromatic carbocycles. The van der Waals surface area contributed by atoms with Gasteiger partial charge in [-0.05, 0) is 11.6 Å². The lowest BCUT2D eigenvalue weighted by atomic mass is 10.1. The van der Waals surface area contributed by atoms with E-state index in [9.17, 15) is 4.79 Å². The number of halogens is 2. The van der Waals surface area contributed by atoms with Crippen molar-refractivity contribution in [2.24, 2.45) is 0 Å². The average Bonchev–Trinajstić information content (AvgIpc) is 2.21. The highest BCUT2D eigenvalue weighted by Gasteiger charge is 2.09. The summed E-state index contributed by atoms with van der Waals surface area (Å²) in [6.45, 7) is 0. The first-order valence-electron chi connectivity index (χ1n) is 4.08. The van der Waals surface area contributed by atoms with Crippen molar-refractivity contribution >= 4 is 33.3 Å². The maximum absolute atomic E-state index is 11.2. The van der Waals surface area contributed by atoms with Crippen LogP contribution in [0.2, 0.25) is 5.02 Å². The van der Waals surface area contributed by atoms with Gasteiger partial charge in [0, 0.05) is 6.42 Å². The fourth-order valence-electron chi connectivity index (χ4n) is 1.11. The zero-order valence-corrected chi connectivity index (χ0v) is 10.1. The fraction of sp³-hybridized carbons (Fsp3) is 0.300. The van der Waals surface area contributed by atoms with Crippen molar-refractivity contribution in [3.63, 3.8) is 0 Å². The second-order valence-corrected chi connectivity index (χ2v) is 3.72. The molecule has 0 unspecified atom stereocenters. The van der Waals surface area contributed by atoms with Crippen molar-refractivity contribution in [1.82, 2.24) is 0 Å². The molecule has 1 rings (SSSR count). The summed E-state index contributed by atoms with van der Waals surface area (Å²) in [5.41, 5.74) is 0.801. The molecule has 0 saturated heterocycles. The van der Waals surface area contributed by atoms with E-state index in [0.717, 1.165) is 5.56 Å². The maximum atomic E-state index is 11.2. The van der Waals surface area contributed by atoms with Crippen molar-refractivity contribution in [2.75, 3.05) is 12.4 Å². The minimum atomic E-state index is 0.0974. The molecule has 2 nitrogen and oxygen atoms in total. The van der Waals surface area contributed by atoms with Crippen LogP contribution in [-0.4, -0.2) is 18.2 Å². The molecular formula is C10H10BrClO2. The molecule has 0 heterocycles. The Balaban J connectivity index is 2.92. The number of Topliss-reactive ketones (excluding diaryl/α,β-unsaturated/α-hetero) is 1. The zero-order chi connectivity index (χ0) is 10.6. The van der Waals surface area contributed by atoms with E-state index >= 15 is 0 Å². The first-order valence-corrected chi connectivity index (χ1v) is 5.58. The Hall–Kier alpha value is -0.540. The van der Waals surface area contributed by atoms with Crippen LogP contribution in [-0.2, 0) is 11.2 Å². The monoisotopic (exact) mass is 276 g/mol. The predicted molar refractivity (Wildman–Crippen MR) is 60.5 cm³/mol. The molecule has 0 radical (unpaired) electrons. The number of carbonyl (C=O) groups excluding carboxylic acids is 1. The quantitative estimate of drug-likeness (QED) is 0.791. The Bertz CT molecular complexity index is 339. The van der Waals surface area contributed by atoms with Crippen molar-refractivity contribution in [1.29, 1.82) is 0 Å².